The van der Waals surface area contributed by atoms with Crippen LogP contribution in [0.2, 0.25) is 10.0 Å². The summed E-state index contributed by atoms with van der Waals surface area (Å²) in [5.74, 6) is 0.837. The Bertz CT molecular complexity index is 1310. The van der Waals surface area contributed by atoms with Crippen molar-refractivity contribution in [3.63, 3.8) is 0 Å². The van der Waals surface area contributed by atoms with Crippen molar-refractivity contribution in [1.82, 2.24) is 15.5 Å². The fourth-order valence-corrected chi connectivity index (χ4v) is 5.72. The molecule has 0 saturated carbocycles. The average molecular weight is 559 g/mol. The number of carbonyl (C=O) groups is 1. The number of nitrogens with zero attached hydrogens (tertiary/aromatic N) is 2. The predicted molar refractivity (Wildman–Crippen MR) is 154 cm³/mol. The van der Waals surface area contributed by atoms with E-state index in [0.717, 1.165) is 59.7 Å². The SMILES string of the molecule is C=CC(=O)Nc1ccc(N(C)CCNC)cc1-c1n[nH]c2c1CCC(c1c(Cl)c(OC)cc(OC)c1Cl)C2. The molecule has 1 aromatic heterocycles. The fourth-order valence-electron chi connectivity index (χ4n) is 4.91. The molecule has 1 heterocycles. The van der Waals surface area contributed by atoms with Crippen molar-refractivity contribution in [3.8, 4) is 22.8 Å². The first-order valence-electron chi connectivity index (χ1n) is 12.4. The molecule has 1 atom stereocenters. The third-order valence-corrected chi connectivity index (χ3v) is 7.78. The third-order valence-electron chi connectivity index (χ3n) is 7.00. The van der Waals surface area contributed by atoms with Gasteiger partial charge in [0.25, 0.3) is 0 Å². The molecule has 0 aliphatic heterocycles. The van der Waals surface area contributed by atoms with Crippen LogP contribution in [0.25, 0.3) is 11.3 Å². The number of hydrogen-bond donors (Lipinski definition) is 3. The topological polar surface area (TPSA) is 91.5 Å². The molecule has 4 rings (SSSR count). The molecule has 10 heteroatoms. The Balaban J connectivity index is 1.72. The van der Waals surface area contributed by atoms with Crippen LogP contribution in [0.1, 0.15) is 29.2 Å². The molecule has 1 aliphatic carbocycles. The predicted octanol–water partition coefficient (Wildman–Crippen LogP) is 5.45. The van der Waals surface area contributed by atoms with Crippen LogP contribution < -0.4 is 25.0 Å². The van der Waals surface area contributed by atoms with Gasteiger partial charge in [0.2, 0.25) is 5.91 Å². The maximum absolute atomic E-state index is 12.2. The molecule has 0 saturated heterocycles. The van der Waals surface area contributed by atoms with Crippen LogP contribution in [0.4, 0.5) is 11.4 Å². The first kappa shape index (κ1) is 27.8. The smallest absolute Gasteiger partial charge is 0.247 e. The van der Waals surface area contributed by atoms with Gasteiger partial charge < -0.3 is 25.0 Å². The number of ether oxygens (including phenoxy) is 2. The first-order valence-corrected chi connectivity index (χ1v) is 13.2. The second kappa shape index (κ2) is 12.1. The largest absolute Gasteiger partial charge is 0.495 e. The van der Waals surface area contributed by atoms with Gasteiger partial charge in [0.1, 0.15) is 11.5 Å². The van der Waals surface area contributed by atoms with Crippen LogP contribution in [0.15, 0.2) is 36.9 Å². The molecule has 0 radical (unpaired) electrons. The number of halogens is 2. The zero-order chi connectivity index (χ0) is 27.4. The van der Waals surface area contributed by atoms with E-state index in [1.165, 1.54) is 6.08 Å². The van der Waals surface area contributed by atoms with Gasteiger partial charge in [-0.25, -0.2) is 0 Å². The molecule has 3 N–H and O–H groups in total. The molecule has 1 amide bonds. The summed E-state index contributed by atoms with van der Waals surface area (Å²) in [6, 6.07) is 7.68. The number of rotatable bonds is 10. The van der Waals surface area contributed by atoms with Crippen molar-refractivity contribution < 1.29 is 14.3 Å². The number of aromatic nitrogens is 2. The number of likely N-dealkylation sites (N-methyl/N-ethyl adjacent to an activating group) is 2. The molecule has 3 aromatic rings. The second-order valence-electron chi connectivity index (χ2n) is 9.24. The van der Waals surface area contributed by atoms with E-state index in [1.807, 2.05) is 26.2 Å². The van der Waals surface area contributed by atoms with Gasteiger partial charge in [0.15, 0.2) is 0 Å². The zero-order valence-corrected chi connectivity index (χ0v) is 23.6. The van der Waals surface area contributed by atoms with E-state index in [2.05, 4.69) is 33.3 Å². The normalized spacial score (nSPS) is 14.5. The second-order valence-corrected chi connectivity index (χ2v) is 10.00. The molecule has 0 fully saturated rings. The highest BCUT2D eigenvalue weighted by Gasteiger charge is 2.31. The van der Waals surface area contributed by atoms with Crippen LogP contribution >= 0.6 is 23.2 Å². The number of carbonyl (C=O) groups excluding carboxylic acids is 1. The standard InChI is InChI=1S/C28H33Cl2N5O3/c1-6-24(36)32-20-10-8-17(35(3)12-11-31-2)14-19(20)28-18-9-7-16(13-21(18)33-34-28)25-26(29)22(37-4)15-23(38-5)27(25)30/h6,8,10,14-16,31H,1,7,9,11-13H2,2-5H3,(H,32,36)(H,33,34). The van der Waals surface area contributed by atoms with Crippen LogP contribution in [-0.4, -0.2) is 57.5 Å². The molecule has 1 aliphatic rings. The summed E-state index contributed by atoms with van der Waals surface area (Å²) in [7, 11) is 7.12. The monoisotopic (exact) mass is 557 g/mol. The summed E-state index contributed by atoms with van der Waals surface area (Å²) in [4.78, 5) is 14.4. The molecule has 38 heavy (non-hydrogen) atoms. The van der Waals surface area contributed by atoms with Gasteiger partial charge in [-0.15, -0.1) is 0 Å². The summed E-state index contributed by atoms with van der Waals surface area (Å²) in [6.45, 7) is 5.27. The number of H-pyrrole nitrogens is 1. The Kier molecular flexibility index (Phi) is 8.87. The Morgan fingerprint density at radius 1 is 1.24 bits per heavy atom. The number of nitrogens with one attached hydrogen (secondary N) is 3. The van der Waals surface area contributed by atoms with Crippen molar-refractivity contribution in [1.29, 1.82) is 0 Å². The quantitative estimate of drug-likeness (QED) is 0.287. The van der Waals surface area contributed by atoms with Crippen molar-refractivity contribution in [2.45, 2.75) is 25.2 Å². The summed E-state index contributed by atoms with van der Waals surface area (Å²) in [6.07, 6.45) is 3.50. The number of aromatic amines is 1. The summed E-state index contributed by atoms with van der Waals surface area (Å²) in [5.41, 5.74) is 6.33. The average Bonchev–Trinajstić information content (AvgIpc) is 3.35. The molecule has 2 aromatic carbocycles. The highest BCUT2D eigenvalue weighted by Crippen LogP contribution is 2.48. The molecule has 202 valence electrons. The number of benzene rings is 2. The maximum atomic E-state index is 12.2. The number of methoxy groups -OCH3 is 2. The minimum Gasteiger partial charge on any atom is -0.495 e. The fraction of sp³-hybridized carbons (Fsp3) is 0.357. The van der Waals surface area contributed by atoms with Crippen LogP contribution in [0.5, 0.6) is 11.5 Å². The number of fused-ring (bicyclic) bond motifs is 1. The van der Waals surface area contributed by atoms with Crippen LogP contribution in [0.3, 0.4) is 0 Å². The van der Waals surface area contributed by atoms with Crippen molar-refractivity contribution in [3.05, 3.63) is 63.8 Å². The van der Waals surface area contributed by atoms with Crippen molar-refractivity contribution in [2.75, 3.05) is 51.6 Å². The van der Waals surface area contributed by atoms with E-state index in [1.54, 1.807) is 20.3 Å². The summed E-state index contributed by atoms with van der Waals surface area (Å²) in [5, 5.41) is 15.1. The molecule has 8 nitrogen and oxygen atoms in total. The van der Waals surface area contributed by atoms with Gasteiger partial charge in [0, 0.05) is 54.3 Å². The van der Waals surface area contributed by atoms with Gasteiger partial charge in [-0.2, -0.15) is 5.10 Å². The molecule has 0 bridgehead atoms. The number of anilines is 2. The minimum atomic E-state index is -0.275. The minimum absolute atomic E-state index is 0.0544. The van der Waals surface area contributed by atoms with E-state index in [9.17, 15) is 4.79 Å². The van der Waals surface area contributed by atoms with Gasteiger partial charge in [-0.3, -0.25) is 9.89 Å². The lowest BCUT2D eigenvalue weighted by atomic mass is 9.81. The van der Waals surface area contributed by atoms with Gasteiger partial charge in [-0.05, 0) is 56.5 Å². The van der Waals surface area contributed by atoms with E-state index in [4.69, 9.17) is 37.8 Å². The maximum Gasteiger partial charge on any atom is 0.247 e. The van der Waals surface area contributed by atoms with E-state index in [-0.39, 0.29) is 11.8 Å². The van der Waals surface area contributed by atoms with E-state index in [0.29, 0.717) is 33.7 Å². The summed E-state index contributed by atoms with van der Waals surface area (Å²) >= 11 is 13.4. The van der Waals surface area contributed by atoms with Gasteiger partial charge in [-0.1, -0.05) is 29.8 Å². The van der Waals surface area contributed by atoms with E-state index >= 15 is 0 Å². The van der Waals surface area contributed by atoms with E-state index < -0.39 is 0 Å². The molecule has 1 unspecified atom stereocenters. The van der Waals surface area contributed by atoms with Crippen molar-refractivity contribution >= 4 is 40.5 Å². The highest BCUT2D eigenvalue weighted by molar-refractivity contribution is 6.38. The number of hydrogen-bond acceptors (Lipinski definition) is 6. The Labute approximate surface area is 233 Å². The van der Waals surface area contributed by atoms with Crippen LogP contribution in [-0.2, 0) is 17.6 Å². The zero-order valence-electron chi connectivity index (χ0n) is 22.1. The van der Waals surface area contributed by atoms with Gasteiger partial charge in [0.05, 0.1) is 35.6 Å². The Morgan fingerprint density at radius 3 is 2.58 bits per heavy atom. The molecular formula is C28H33Cl2N5O3. The number of amides is 1. The lowest BCUT2D eigenvalue weighted by Crippen LogP contribution is -2.27. The lowest BCUT2D eigenvalue weighted by Gasteiger charge is -2.26. The van der Waals surface area contributed by atoms with Crippen molar-refractivity contribution in [2.24, 2.45) is 0 Å². The Hall–Kier alpha value is -3.20. The highest BCUT2D eigenvalue weighted by atomic mass is 35.5. The Morgan fingerprint density at radius 2 is 1.95 bits per heavy atom. The lowest BCUT2D eigenvalue weighted by molar-refractivity contribution is -0.111. The third kappa shape index (κ3) is 5.48. The molecular weight excluding hydrogens is 525 g/mol. The van der Waals surface area contributed by atoms with Crippen LogP contribution in [0, 0.1) is 0 Å². The van der Waals surface area contributed by atoms with Gasteiger partial charge >= 0.3 is 0 Å². The summed E-state index contributed by atoms with van der Waals surface area (Å²) < 4.78 is 10.9. The first-order chi connectivity index (χ1) is 18.3. The molecule has 0 spiro atoms.